The third-order valence-corrected chi connectivity index (χ3v) is 5.04. The van der Waals surface area contributed by atoms with Gasteiger partial charge in [-0.25, -0.2) is 0 Å². The standard InChI is InChI=1S/C19H25N3O5/c1-26-14-10-12-13(11-15(14)27-2)21-19(25)16(17(12)23)18(24)20-6-9-22-7-4-3-5-8-22/h10-11H,3-9H2,1-2H3,(H,20,24)(H2,21,23,25)/p+1. The Morgan fingerprint density at radius 3 is 2.52 bits per heavy atom. The molecule has 0 saturated carbocycles. The van der Waals surface area contributed by atoms with Gasteiger partial charge in [-0.3, -0.25) is 9.59 Å². The molecule has 1 aromatic carbocycles. The number of amides is 1. The van der Waals surface area contributed by atoms with Crippen LogP contribution in [0.4, 0.5) is 0 Å². The summed E-state index contributed by atoms with van der Waals surface area (Å²) in [4.78, 5) is 28.9. The summed E-state index contributed by atoms with van der Waals surface area (Å²) in [6.45, 7) is 3.48. The molecule has 1 aliphatic heterocycles. The number of quaternary nitrogens is 1. The smallest absolute Gasteiger partial charge is 0.265 e. The predicted molar refractivity (Wildman–Crippen MR) is 101 cm³/mol. The van der Waals surface area contributed by atoms with Crippen LogP contribution in [0.25, 0.3) is 10.9 Å². The van der Waals surface area contributed by atoms with Crippen molar-refractivity contribution >= 4 is 16.8 Å². The molecule has 8 heteroatoms. The number of aromatic amines is 1. The van der Waals surface area contributed by atoms with Gasteiger partial charge in [-0.05, 0) is 25.3 Å². The lowest BCUT2D eigenvalue weighted by Crippen LogP contribution is -3.13. The van der Waals surface area contributed by atoms with Crippen LogP contribution in [0, 0.1) is 0 Å². The first-order valence-electron chi connectivity index (χ1n) is 9.18. The molecule has 1 aliphatic rings. The van der Waals surface area contributed by atoms with Crippen LogP contribution in [-0.4, -0.2) is 56.4 Å². The van der Waals surface area contributed by atoms with Gasteiger partial charge in [0.05, 0.1) is 45.9 Å². The van der Waals surface area contributed by atoms with Crippen LogP contribution < -0.4 is 25.2 Å². The van der Waals surface area contributed by atoms with Crippen molar-refractivity contribution in [3.8, 4) is 17.2 Å². The van der Waals surface area contributed by atoms with Gasteiger partial charge >= 0.3 is 0 Å². The van der Waals surface area contributed by atoms with Gasteiger partial charge < -0.3 is 29.8 Å². The maximum absolute atomic E-state index is 12.5. The normalized spacial score (nSPS) is 14.9. The number of aromatic hydroxyl groups is 1. The van der Waals surface area contributed by atoms with E-state index in [1.165, 1.54) is 44.4 Å². The van der Waals surface area contributed by atoms with Gasteiger partial charge in [-0.15, -0.1) is 0 Å². The lowest BCUT2D eigenvalue weighted by molar-refractivity contribution is -0.903. The van der Waals surface area contributed by atoms with E-state index in [0.717, 1.165) is 19.6 Å². The quantitative estimate of drug-likeness (QED) is 0.570. The van der Waals surface area contributed by atoms with Crippen LogP contribution in [-0.2, 0) is 0 Å². The topological polar surface area (TPSA) is 105 Å². The number of methoxy groups -OCH3 is 2. The number of H-pyrrole nitrogens is 1. The van der Waals surface area contributed by atoms with E-state index in [1.807, 2.05) is 0 Å². The molecule has 0 radical (unpaired) electrons. The second kappa shape index (κ2) is 8.30. The molecule has 2 heterocycles. The Morgan fingerprint density at radius 1 is 1.19 bits per heavy atom. The van der Waals surface area contributed by atoms with Crippen LogP contribution in [0.2, 0.25) is 0 Å². The average molecular weight is 376 g/mol. The number of pyridine rings is 1. The second-order valence-corrected chi connectivity index (χ2v) is 6.75. The Labute approximate surface area is 157 Å². The van der Waals surface area contributed by atoms with Gasteiger partial charge in [0.25, 0.3) is 11.5 Å². The summed E-state index contributed by atoms with van der Waals surface area (Å²) < 4.78 is 10.4. The molecule has 3 rings (SSSR count). The van der Waals surface area contributed by atoms with Crippen molar-refractivity contribution in [3.05, 3.63) is 28.0 Å². The van der Waals surface area contributed by atoms with Crippen molar-refractivity contribution in [2.24, 2.45) is 0 Å². The summed E-state index contributed by atoms with van der Waals surface area (Å²) in [5, 5.41) is 13.6. The first kappa shape index (κ1) is 19.0. The summed E-state index contributed by atoms with van der Waals surface area (Å²) in [5.41, 5.74) is -0.567. The average Bonchev–Trinajstić information content (AvgIpc) is 2.68. The molecule has 1 saturated heterocycles. The van der Waals surface area contributed by atoms with Crippen molar-refractivity contribution in [1.29, 1.82) is 0 Å². The number of rotatable bonds is 6. The number of carbonyl (C=O) groups excluding carboxylic acids is 1. The number of carbonyl (C=O) groups is 1. The van der Waals surface area contributed by atoms with Crippen molar-refractivity contribution in [1.82, 2.24) is 10.3 Å². The SMILES string of the molecule is COc1cc2[nH]c(=O)c(C(=O)NCC[NH+]3CCCCC3)c(O)c2cc1OC. The minimum atomic E-state index is -0.643. The molecule has 0 unspecified atom stereocenters. The minimum Gasteiger partial charge on any atom is -0.506 e. The maximum atomic E-state index is 12.5. The Hall–Kier alpha value is -2.74. The number of nitrogens with one attached hydrogen (secondary N) is 3. The molecule has 27 heavy (non-hydrogen) atoms. The number of piperidine rings is 1. The third-order valence-electron chi connectivity index (χ3n) is 5.04. The van der Waals surface area contributed by atoms with Gasteiger partial charge in [-0.2, -0.15) is 0 Å². The maximum Gasteiger partial charge on any atom is 0.265 e. The molecule has 1 fully saturated rings. The molecule has 8 nitrogen and oxygen atoms in total. The van der Waals surface area contributed by atoms with Gasteiger partial charge in [0.2, 0.25) is 0 Å². The molecule has 1 aromatic heterocycles. The molecule has 1 amide bonds. The third kappa shape index (κ3) is 4.00. The number of hydrogen-bond acceptors (Lipinski definition) is 5. The van der Waals surface area contributed by atoms with Crippen molar-refractivity contribution in [2.45, 2.75) is 19.3 Å². The first-order chi connectivity index (χ1) is 13.0. The van der Waals surface area contributed by atoms with E-state index in [0.29, 0.717) is 28.9 Å². The Kier molecular flexibility index (Phi) is 5.85. The van der Waals surface area contributed by atoms with Gasteiger partial charge in [-0.1, -0.05) is 0 Å². The van der Waals surface area contributed by atoms with E-state index < -0.39 is 11.5 Å². The van der Waals surface area contributed by atoms with Crippen LogP contribution in [0.3, 0.4) is 0 Å². The van der Waals surface area contributed by atoms with Crippen LogP contribution in [0.1, 0.15) is 29.6 Å². The van der Waals surface area contributed by atoms with E-state index in [9.17, 15) is 14.7 Å². The van der Waals surface area contributed by atoms with Crippen molar-refractivity contribution in [3.63, 3.8) is 0 Å². The summed E-state index contributed by atoms with van der Waals surface area (Å²) in [6, 6.07) is 3.09. The van der Waals surface area contributed by atoms with Crippen LogP contribution in [0.5, 0.6) is 17.2 Å². The van der Waals surface area contributed by atoms with E-state index in [4.69, 9.17) is 9.47 Å². The second-order valence-electron chi connectivity index (χ2n) is 6.75. The number of hydrogen-bond donors (Lipinski definition) is 4. The highest BCUT2D eigenvalue weighted by atomic mass is 16.5. The molecule has 0 aliphatic carbocycles. The number of aromatic nitrogens is 1. The van der Waals surface area contributed by atoms with Crippen LogP contribution >= 0.6 is 0 Å². The molecule has 0 spiro atoms. The lowest BCUT2D eigenvalue weighted by atomic mass is 10.1. The fraction of sp³-hybridized carbons (Fsp3) is 0.474. The Bertz CT molecular complexity index is 887. The summed E-state index contributed by atoms with van der Waals surface area (Å²) in [6.07, 6.45) is 3.68. The summed E-state index contributed by atoms with van der Waals surface area (Å²) in [7, 11) is 2.96. The largest absolute Gasteiger partial charge is 0.506 e. The van der Waals surface area contributed by atoms with Crippen LogP contribution in [0.15, 0.2) is 16.9 Å². The molecule has 0 atom stereocenters. The summed E-state index contributed by atoms with van der Waals surface area (Å²) in [5.74, 6) is -0.131. The number of fused-ring (bicyclic) bond motifs is 1. The zero-order valence-electron chi connectivity index (χ0n) is 15.7. The number of ether oxygens (including phenoxy) is 2. The molecular formula is C19H26N3O5+. The number of benzene rings is 1. The van der Waals surface area contributed by atoms with Gasteiger partial charge in [0, 0.05) is 11.5 Å². The van der Waals surface area contributed by atoms with E-state index >= 15 is 0 Å². The fourth-order valence-electron chi connectivity index (χ4n) is 3.56. The van der Waals surface area contributed by atoms with Gasteiger partial charge in [0.1, 0.15) is 11.3 Å². The zero-order valence-corrected chi connectivity index (χ0v) is 15.7. The van der Waals surface area contributed by atoms with E-state index in [2.05, 4.69) is 10.3 Å². The molecule has 146 valence electrons. The predicted octanol–water partition coefficient (Wildman–Crippen LogP) is 0.0495. The molecule has 0 bridgehead atoms. The highest BCUT2D eigenvalue weighted by molar-refractivity contribution is 6.02. The Morgan fingerprint density at radius 2 is 1.85 bits per heavy atom. The minimum absolute atomic E-state index is 0.289. The fourth-order valence-corrected chi connectivity index (χ4v) is 3.56. The molecule has 4 N–H and O–H groups in total. The molecule has 2 aromatic rings. The highest BCUT2D eigenvalue weighted by Gasteiger charge is 2.21. The first-order valence-corrected chi connectivity index (χ1v) is 9.18. The van der Waals surface area contributed by atoms with Crippen molar-refractivity contribution in [2.75, 3.05) is 40.4 Å². The summed E-state index contributed by atoms with van der Waals surface area (Å²) >= 11 is 0. The highest BCUT2D eigenvalue weighted by Crippen LogP contribution is 2.35. The monoisotopic (exact) mass is 376 g/mol. The zero-order chi connectivity index (χ0) is 19.4. The Balaban J connectivity index is 1.82. The van der Waals surface area contributed by atoms with E-state index in [-0.39, 0.29) is 11.3 Å². The van der Waals surface area contributed by atoms with Gasteiger partial charge in [0.15, 0.2) is 11.5 Å². The van der Waals surface area contributed by atoms with E-state index in [1.54, 1.807) is 6.07 Å². The number of likely N-dealkylation sites (tertiary alicyclic amines) is 1. The lowest BCUT2D eigenvalue weighted by Gasteiger charge is -2.23. The van der Waals surface area contributed by atoms with Crippen molar-refractivity contribution < 1.29 is 24.3 Å². The molecular weight excluding hydrogens is 350 g/mol.